The predicted molar refractivity (Wildman–Crippen MR) is 92.8 cm³/mol. The topological polar surface area (TPSA) is 50.2 Å². The molecule has 3 aliphatic rings. The van der Waals surface area contributed by atoms with Gasteiger partial charge in [-0.3, -0.25) is 9.48 Å². The molecule has 5 nitrogen and oxygen atoms in total. The van der Waals surface area contributed by atoms with Gasteiger partial charge in [0, 0.05) is 38.0 Å². The smallest absolute Gasteiger partial charge is 0.272 e. The van der Waals surface area contributed by atoms with Gasteiger partial charge in [-0.05, 0) is 32.3 Å². The molecule has 1 unspecified atom stereocenters. The summed E-state index contributed by atoms with van der Waals surface area (Å²) in [5.74, 6) is 1.33. The minimum atomic E-state index is 0.131. The van der Waals surface area contributed by atoms with Crippen LogP contribution in [-0.2, 0) is 7.05 Å². The summed E-state index contributed by atoms with van der Waals surface area (Å²) in [5.41, 5.74) is 1.61. The number of rotatable bonds is 3. The average molecular weight is 334 g/mol. The maximum Gasteiger partial charge on any atom is 0.272 e. The van der Waals surface area contributed by atoms with Crippen molar-refractivity contribution in [3.63, 3.8) is 0 Å². The Kier molecular flexibility index (Phi) is 3.92. The lowest BCUT2D eigenvalue weighted by atomic mass is 9.91. The second kappa shape index (κ2) is 5.81. The molecule has 1 amide bonds. The molecule has 126 valence electrons. The van der Waals surface area contributed by atoms with E-state index < -0.39 is 0 Å². The molecule has 3 fully saturated rings. The van der Waals surface area contributed by atoms with Crippen LogP contribution in [-0.4, -0.2) is 56.3 Å². The summed E-state index contributed by atoms with van der Waals surface area (Å²) < 4.78 is 2.01. The van der Waals surface area contributed by atoms with E-state index in [1.54, 1.807) is 4.68 Å². The van der Waals surface area contributed by atoms with Crippen LogP contribution in [0.4, 0.5) is 0 Å². The van der Waals surface area contributed by atoms with Gasteiger partial charge in [0.05, 0.1) is 10.4 Å². The molecule has 1 aromatic rings. The molecule has 23 heavy (non-hydrogen) atoms. The van der Waals surface area contributed by atoms with Crippen LogP contribution in [0.5, 0.6) is 0 Å². The predicted octanol–water partition coefficient (Wildman–Crippen LogP) is 1.96. The summed E-state index contributed by atoms with van der Waals surface area (Å²) in [6.07, 6.45) is 6.67. The number of aromatic nitrogens is 2. The highest BCUT2D eigenvalue weighted by molar-refractivity contribution is 8.01. The van der Waals surface area contributed by atoms with Gasteiger partial charge in [-0.2, -0.15) is 5.10 Å². The van der Waals surface area contributed by atoms with E-state index in [1.165, 1.54) is 37.9 Å². The van der Waals surface area contributed by atoms with Crippen molar-refractivity contribution in [1.82, 2.24) is 20.0 Å². The second-order valence-electron chi connectivity index (χ2n) is 7.50. The van der Waals surface area contributed by atoms with Gasteiger partial charge in [-0.1, -0.05) is 12.8 Å². The summed E-state index contributed by atoms with van der Waals surface area (Å²) in [5, 5.41) is 8.14. The first-order valence-electron chi connectivity index (χ1n) is 8.75. The van der Waals surface area contributed by atoms with Crippen molar-refractivity contribution >= 4 is 17.7 Å². The fourth-order valence-electron chi connectivity index (χ4n) is 4.36. The fourth-order valence-corrected chi connectivity index (χ4v) is 5.95. The molecule has 3 heterocycles. The monoisotopic (exact) mass is 334 g/mol. The van der Waals surface area contributed by atoms with E-state index >= 15 is 0 Å². The molecule has 2 saturated heterocycles. The van der Waals surface area contributed by atoms with Gasteiger partial charge in [-0.15, -0.1) is 11.8 Å². The van der Waals surface area contributed by atoms with Crippen molar-refractivity contribution < 1.29 is 4.79 Å². The lowest BCUT2D eigenvalue weighted by Crippen LogP contribution is -2.61. The van der Waals surface area contributed by atoms with Crippen LogP contribution in [0.3, 0.4) is 0 Å². The number of hydrogen-bond donors (Lipinski definition) is 1. The number of nitrogens with zero attached hydrogens (tertiary/aromatic N) is 3. The molecule has 2 aliphatic heterocycles. The summed E-state index contributed by atoms with van der Waals surface area (Å²) in [7, 11) is 1.85. The quantitative estimate of drug-likeness (QED) is 0.918. The van der Waals surface area contributed by atoms with E-state index in [0.717, 1.165) is 24.8 Å². The van der Waals surface area contributed by atoms with E-state index in [-0.39, 0.29) is 5.91 Å². The Labute approximate surface area is 142 Å². The molecule has 1 saturated carbocycles. The Morgan fingerprint density at radius 2 is 2.09 bits per heavy atom. The number of carbonyl (C=O) groups is 1. The van der Waals surface area contributed by atoms with Crippen molar-refractivity contribution in [3.05, 3.63) is 17.5 Å². The maximum absolute atomic E-state index is 12.6. The number of amides is 1. The minimum Gasteiger partial charge on any atom is -0.334 e. The van der Waals surface area contributed by atoms with E-state index in [9.17, 15) is 4.79 Å². The van der Waals surface area contributed by atoms with E-state index in [1.807, 2.05) is 24.9 Å². The fraction of sp³-hybridized carbons (Fsp3) is 0.765. The molecule has 1 spiro atoms. The van der Waals surface area contributed by atoms with Crippen LogP contribution in [0.1, 0.15) is 48.3 Å². The number of likely N-dealkylation sites (tertiary alicyclic amines) is 1. The Hall–Kier alpha value is -1.01. The maximum atomic E-state index is 12.6. The highest BCUT2D eigenvalue weighted by Gasteiger charge is 2.51. The van der Waals surface area contributed by atoms with Crippen LogP contribution in [0, 0.1) is 6.92 Å². The van der Waals surface area contributed by atoms with Crippen LogP contribution >= 0.6 is 11.8 Å². The minimum absolute atomic E-state index is 0.131. The van der Waals surface area contributed by atoms with Gasteiger partial charge < -0.3 is 10.2 Å². The molecule has 0 aromatic carbocycles. The molecule has 1 aromatic heterocycles. The summed E-state index contributed by atoms with van der Waals surface area (Å²) >= 11 is 2.07. The van der Waals surface area contributed by atoms with Gasteiger partial charge in [0.15, 0.2) is 0 Å². The van der Waals surface area contributed by atoms with E-state index in [2.05, 4.69) is 22.2 Å². The Balaban J connectivity index is 1.32. The van der Waals surface area contributed by atoms with E-state index in [4.69, 9.17) is 0 Å². The third kappa shape index (κ3) is 2.91. The molecule has 4 rings (SSSR count). The van der Waals surface area contributed by atoms with Crippen molar-refractivity contribution in [2.75, 3.05) is 18.8 Å². The van der Waals surface area contributed by atoms with Crippen LogP contribution in [0.2, 0.25) is 0 Å². The first-order chi connectivity index (χ1) is 11.0. The van der Waals surface area contributed by atoms with Gasteiger partial charge >= 0.3 is 0 Å². The number of aryl methyl sites for hydroxylation is 2. The van der Waals surface area contributed by atoms with E-state index in [0.29, 0.717) is 16.5 Å². The van der Waals surface area contributed by atoms with Gasteiger partial charge in [0.1, 0.15) is 5.69 Å². The molecule has 1 aliphatic carbocycles. The summed E-state index contributed by atoms with van der Waals surface area (Å²) in [6.45, 7) is 3.72. The van der Waals surface area contributed by atoms with Crippen molar-refractivity contribution in [1.29, 1.82) is 0 Å². The molecule has 0 bridgehead atoms. The standard InChI is InChI=1S/C17H26N4OS/c1-12-7-15(20(2)19-12)16(22)21-10-17(11-21)8-14(9-23-17)18-13-5-3-4-6-13/h7,13-14,18H,3-6,8-11H2,1-2H3. The van der Waals surface area contributed by atoms with Gasteiger partial charge in [-0.25, -0.2) is 0 Å². The third-order valence-electron chi connectivity index (χ3n) is 5.50. The van der Waals surface area contributed by atoms with Crippen molar-refractivity contribution in [2.45, 2.75) is 55.9 Å². The molecule has 1 N–H and O–H groups in total. The normalized spacial score (nSPS) is 26.9. The summed E-state index contributed by atoms with van der Waals surface area (Å²) in [4.78, 5) is 14.6. The highest BCUT2D eigenvalue weighted by atomic mass is 32.2. The molecular formula is C17H26N4OS. The lowest BCUT2D eigenvalue weighted by molar-refractivity contribution is 0.0539. The zero-order valence-electron chi connectivity index (χ0n) is 14.0. The number of thioether (sulfide) groups is 1. The van der Waals surface area contributed by atoms with Crippen molar-refractivity contribution in [2.24, 2.45) is 7.05 Å². The highest BCUT2D eigenvalue weighted by Crippen LogP contribution is 2.45. The number of carbonyl (C=O) groups excluding carboxylic acids is 1. The van der Waals surface area contributed by atoms with Crippen LogP contribution in [0.15, 0.2) is 6.07 Å². The first-order valence-corrected chi connectivity index (χ1v) is 9.73. The van der Waals surface area contributed by atoms with Crippen LogP contribution < -0.4 is 5.32 Å². The second-order valence-corrected chi connectivity index (χ2v) is 8.99. The van der Waals surface area contributed by atoms with Crippen molar-refractivity contribution in [3.8, 4) is 0 Å². The molecule has 1 atom stereocenters. The molecule has 0 radical (unpaired) electrons. The number of hydrogen-bond acceptors (Lipinski definition) is 4. The average Bonchev–Trinajstić information content (AvgIpc) is 3.18. The largest absolute Gasteiger partial charge is 0.334 e. The number of nitrogens with one attached hydrogen (secondary N) is 1. The lowest BCUT2D eigenvalue weighted by Gasteiger charge is -2.47. The SMILES string of the molecule is Cc1cc(C(=O)N2CC3(CC(NC4CCCC4)CS3)C2)n(C)n1. The zero-order valence-corrected chi connectivity index (χ0v) is 14.9. The molecular weight excluding hydrogens is 308 g/mol. The third-order valence-corrected chi connectivity index (χ3v) is 7.11. The summed E-state index contributed by atoms with van der Waals surface area (Å²) in [6, 6.07) is 3.27. The Morgan fingerprint density at radius 1 is 1.35 bits per heavy atom. The van der Waals surface area contributed by atoms with Gasteiger partial charge in [0.2, 0.25) is 0 Å². The first kappa shape index (κ1) is 15.5. The molecule has 6 heteroatoms. The Bertz CT molecular complexity index is 602. The van der Waals surface area contributed by atoms with Gasteiger partial charge in [0.25, 0.3) is 5.91 Å². The Morgan fingerprint density at radius 3 is 2.74 bits per heavy atom. The van der Waals surface area contributed by atoms with Crippen LogP contribution in [0.25, 0.3) is 0 Å². The zero-order chi connectivity index (χ0) is 16.0.